The van der Waals surface area contributed by atoms with Crippen molar-refractivity contribution < 1.29 is 0 Å². The normalized spacial score (nSPS) is 23.4. The fourth-order valence-electron chi connectivity index (χ4n) is 0.204. The highest BCUT2D eigenvalue weighted by molar-refractivity contribution is 7.97. The Morgan fingerprint density at radius 3 is 2.20 bits per heavy atom. The van der Waals surface area contributed by atoms with Crippen LogP contribution in [0, 0.1) is 0 Å². The molecular weight excluding hydrogens is 82.1 g/mol. The van der Waals surface area contributed by atoms with Gasteiger partial charge in [0.25, 0.3) is 0 Å². The van der Waals surface area contributed by atoms with Gasteiger partial charge in [-0.25, -0.2) is 0 Å². The summed E-state index contributed by atoms with van der Waals surface area (Å²) in [6, 6.07) is 0. The quantitative estimate of drug-likeness (QED) is 0.480. The number of rotatable bonds is 1. The molecule has 0 aromatic heterocycles. The lowest BCUT2D eigenvalue weighted by Gasteiger charge is -1.74. The molecule has 30 valence electrons. The summed E-state index contributed by atoms with van der Waals surface area (Å²) >= 11 is 1.49. The van der Waals surface area contributed by atoms with Crippen LogP contribution in [0.25, 0.3) is 0 Å². The molecule has 1 rings (SSSR count). The Labute approximate surface area is 36.1 Å². The molecule has 0 unspecified atom stereocenters. The molecule has 0 aromatic carbocycles. The van der Waals surface area contributed by atoms with Crippen LogP contribution in [0.5, 0.6) is 0 Å². The average Bonchev–Trinajstić information content (AvgIpc) is 2.12. The molecule has 0 aliphatic heterocycles. The maximum atomic E-state index is 5.15. The van der Waals surface area contributed by atoms with Gasteiger partial charge in [-0.2, -0.15) is 0 Å². The molecule has 1 nitrogen and oxygen atoms in total. The van der Waals surface area contributed by atoms with Gasteiger partial charge in [0.05, 0.1) is 0 Å². The fraction of sp³-hybridized carbons (Fsp3) is 1.00. The zero-order chi connectivity index (χ0) is 3.70. The first-order valence-electron chi connectivity index (χ1n) is 1.79. The maximum Gasteiger partial charge on any atom is 0.0191 e. The SMILES string of the molecule is NSC1CC1. The van der Waals surface area contributed by atoms with E-state index in [1.807, 2.05) is 0 Å². The molecule has 0 saturated heterocycles. The van der Waals surface area contributed by atoms with Crippen molar-refractivity contribution in [2.45, 2.75) is 18.1 Å². The summed E-state index contributed by atoms with van der Waals surface area (Å²) in [6.07, 6.45) is 2.70. The lowest BCUT2D eigenvalue weighted by Crippen LogP contribution is -1.78. The van der Waals surface area contributed by atoms with E-state index < -0.39 is 0 Å². The standard InChI is InChI=1S/C3H7NS/c4-5-3-1-2-3/h3H,1-2,4H2. The molecule has 0 heterocycles. The third-order valence-electron chi connectivity index (χ3n) is 0.717. The van der Waals surface area contributed by atoms with E-state index in [0.717, 1.165) is 5.25 Å². The Kier molecular flexibility index (Phi) is 0.830. The van der Waals surface area contributed by atoms with Crippen LogP contribution in [-0.2, 0) is 0 Å². The molecule has 2 N–H and O–H groups in total. The van der Waals surface area contributed by atoms with Gasteiger partial charge < -0.3 is 0 Å². The summed E-state index contributed by atoms with van der Waals surface area (Å²) in [5.41, 5.74) is 0. The van der Waals surface area contributed by atoms with Crippen molar-refractivity contribution in [3.05, 3.63) is 0 Å². The second-order valence-electron chi connectivity index (χ2n) is 1.34. The van der Waals surface area contributed by atoms with Crippen LogP contribution in [-0.4, -0.2) is 5.25 Å². The topological polar surface area (TPSA) is 26.0 Å². The van der Waals surface area contributed by atoms with Crippen molar-refractivity contribution in [2.24, 2.45) is 5.14 Å². The van der Waals surface area contributed by atoms with Crippen molar-refractivity contribution in [1.82, 2.24) is 0 Å². The predicted octanol–water partition coefficient (Wildman–Crippen LogP) is 0.756. The summed E-state index contributed by atoms with van der Waals surface area (Å²) in [6.45, 7) is 0. The molecule has 2 heteroatoms. The van der Waals surface area contributed by atoms with Crippen LogP contribution in [0.15, 0.2) is 0 Å². The molecule has 5 heavy (non-hydrogen) atoms. The van der Waals surface area contributed by atoms with E-state index >= 15 is 0 Å². The predicted molar refractivity (Wildman–Crippen MR) is 24.8 cm³/mol. The average molecular weight is 89.2 g/mol. The number of nitrogens with two attached hydrogens (primary N) is 1. The first kappa shape index (κ1) is 3.50. The highest BCUT2D eigenvalue weighted by Gasteiger charge is 2.19. The van der Waals surface area contributed by atoms with Crippen LogP contribution < -0.4 is 5.14 Å². The summed E-state index contributed by atoms with van der Waals surface area (Å²) < 4.78 is 0. The zero-order valence-electron chi connectivity index (χ0n) is 2.98. The Morgan fingerprint density at radius 2 is 2.20 bits per heavy atom. The fourth-order valence-corrected chi connectivity index (χ4v) is 0.612. The maximum absolute atomic E-state index is 5.15. The molecule has 1 fully saturated rings. The largest absolute Gasteiger partial charge is 0.278 e. The molecule has 0 amide bonds. The van der Waals surface area contributed by atoms with E-state index in [2.05, 4.69) is 0 Å². The Hall–Kier alpha value is 0.310. The molecule has 1 saturated carbocycles. The molecule has 0 spiro atoms. The van der Waals surface area contributed by atoms with Crippen LogP contribution in [0.3, 0.4) is 0 Å². The van der Waals surface area contributed by atoms with E-state index in [-0.39, 0.29) is 0 Å². The van der Waals surface area contributed by atoms with E-state index in [1.54, 1.807) is 0 Å². The molecular formula is C3H7NS. The number of hydrogen-bond donors (Lipinski definition) is 1. The summed E-state index contributed by atoms with van der Waals surface area (Å²) in [5.74, 6) is 0. The minimum absolute atomic E-state index is 0.829. The second-order valence-corrected chi connectivity index (χ2v) is 2.27. The van der Waals surface area contributed by atoms with Gasteiger partial charge in [-0.1, -0.05) is 11.9 Å². The third kappa shape index (κ3) is 0.816. The molecule has 0 radical (unpaired) electrons. The van der Waals surface area contributed by atoms with E-state index in [4.69, 9.17) is 5.14 Å². The Bertz CT molecular complexity index is 33.9. The summed E-state index contributed by atoms with van der Waals surface area (Å²) in [4.78, 5) is 0. The van der Waals surface area contributed by atoms with E-state index in [9.17, 15) is 0 Å². The second kappa shape index (κ2) is 1.19. The van der Waals surface area contributed by atoms with Crippen molar-refractivity contribution >= 4 is 11.9 Å². The van der Waals surface area contributed by atoms with Gasteiger partial charge in [0.1, 0.15) is 0 Å². The van der Waals surface area contributed by atoms with Gasteiger partial charge in [0.2, 0.25) is 0 Å². The molecule has 0 bridgehead atoms. The first-order valence-corrected chi connectivity index (χ1v) is 2.73. The Balaban J connectivity index is 2.00. The smallest absolute Gasteiger partial charge is 0.0191 e. The molecule has 0 atom stereocenters. The van der Waals surface area contributed by atoms with E-state index in [1.165, 1.54) is 24.8 Å². The van der Waals surface area contributed by atoms with Crippen LogP contribution >= 0.6 is 11.9 Å². The van der Waals surface area contributed by atoms with Gasteiger partial charge in [-0.05, 0) is 12.8 Å². The van der Waals surface area contributed by atoms with Gasteiger partial charge in [0, 0.05) is 5.25 Å². The van der Waals surface area contributed by atoms with Gasteiger partial charge in [-0.3, -0.25) is 5.14 Å². The minimum Gasteiger partial charge on any atom is -0.278 e. The highest BCUT2D eigenvalue weighted by atomic mass is 32.2. The third-order valence-corrected chi connectivity index (χ3v) is 1.57. The summed E-state index contributed by atoms with van der Waals surface area (Å²) in [7, 11) is 0. The molecule has 0 aromatic rings. The first-order chi connectivity index (χ1) is 2.43. The van der Waals surface area contributed by atoms with E-state index in [0.29, 0.717) is 0 Å². The molecule has 1 aliphatic rings. The van der Waals surface area contributed by atoms with Gasteiger partial charge in [-0.15, -0.1) is 0 Å². The van der Waals surface area contributed by atoms with Crippen molar-refractivity contribution in [1.29, 1.82) is 0 Å². The Morgan fingerprint density at radius 1 is 1.60 bits per heavy atom. The number of hydrogen-bond acceptors (Lipinski definition) is 2. The summed E-state index contributed by atoms with van der Waals surface area (Å²) in [5, 5.41) is 5.98. The van der Waals surface area contributed by atoms with Gasteiger partial charge in [0.15, 0.2) is 0 Å². The lowest BCUT2D eigenvalue weighted by molar-refractivity contribution is 1.50. The minimum atomic E-state index is 0.829. The van der Waals surface area contributed by atoms with Crippen molar-refractivity contribution in [2.75, 3.05) is 0 Å². The van der Waals surface area contributed by atoms with Crippen LogP contribution in [0.1, 0.15) is 12.8 Å². The lowest BCUT2D eigenvalue weighted by atomic mass is 11.0. The zero-order valence-corrected chi connectivity index (χ0v) is 3.79. The van der Waals surface area contributed by atoms with Crippen LogP contribution in [0.4, 0.5) is 0 Å². The van der Waals surface area contributed by atoms with Crippen LogP contribution in [0.2, 0.25) is 0 Å². The monoisotopic (exact) mass is 89.0 g/mol. The van der Waals surface area contributed by atoms with Crippen molar-refractivity contribution in [3.8, 4) is 0 Å². The highest BCUT2D eigenvalue weighted by Crippen LogP contribution is 2.29. The van der Waals surface area contributed by atoms with Gasteiger partial charge >= 0.3 is 0 Å². The van der Waals surface area contributed by atoms with Crippen molar-refractivity contribution in [3.63, 3.8) is 0 Å². The molecule has 1 aliphatic carbocycles.